The Morgan fingerprint density at radius 3 is 2.71 bits per heavy atom. The van der Waals surface area contributed by atoms with Crippen molar-refractivity contribution in [2.45, 2.75) is 0 Å². The predicted octanol–water partition coefficient (Wildman–Crippen LogP) is 3.18. The predicted molar refractivity (Wildman–Crippen MR) is 84.0 cm³/mol. The Morgan fingerprint density at radius 1 is 1.33 bits per heavy atom. The number of sulfonamides is 1. The highest BCUT2D eigenvalue weighted by atomic mass is 35.5. The number of halogens is 2. The van der Waals surface area contributed by atoms with Crippen molar-refractivity contribution >= 4 is 56.5 Å². The molecule has 2 aromatic rings. The van der Waals surface area contributed by atoms with E-state index in [1.54, 1.807) is 11.6 Å². The average Bonchev–Trinajstić information content (AvgIpc) is 2.88. The molecule has 1 aromatic carbocycles. The Labute approximate surface area is 135 Å². The topological polar surface area (TPSA) is 76.1 Å². The van der Waals surface area contributed by atoms with Gasteiger partial charge < -0.3 is 0 Å². The fourth-order valence-corrected chi connectivity index (χ4v) is 3.21. The third-order valence-corrected chi connectivity index (χ3v) is 4.50. The summed E-state index contributed by atoms with van der Waals surface area (Å²) in [6, 6.07) is 4.15. The minimum Gasteiger partial charge on any atom is -0.268 e. The first-order valence-electron chi connectivity index (χ1n) is 5.47. The maximum absolute atomic E-state index is 11.9. The van der Waals surface area contributed by atoms with Gasteiger partial charge in [0.2, 0.25) is 0 Å². The SMILES string of the molecule is O=C(NS(=O)(=O)C=Cc1nccs1)c1ccc(Cl)cc1Cl. The maximum Gasteiger partial charge on any atom is 0.266 e. The van der Waals surface area contributed by atoms with Crippen LogP contribution in [0.5, 0.6) is 0 Å². The van der Waals surface area contributed by atoms with Gasteiger partial charge in [0.1, 0.15) is 5.01 Å². The third-order valence-electron chi connectivity index (χ3n) is 2.25. The van der Waals surface area contributed by atoms with Crippen LogP contribution in [-0.4, -0.2) is 19.3 Å². The van der Waals surface area contributed by atoms with E-state index in [1.165, 1.54) is 35.6 Å². The van der Waals surface area contributed by atoms with Crippen LogP contribution in [0, 0.1) is 0 Å². The van der Waals surface area contributed by atoms with Crippen LogP contribution in [0.4, 0.5) is 0 Å². The van der Waals surface area contributed by atoms with Gasteiger partial charge in [0.25, 0.3) is 15.9 Å². The number of thiazole rings is 1. The highest BCUT2D eigenvalue weighted by Crippen LogP contribution is 2.21. The van der Waals surface area contributed by atoms with E-state index in [1.807, 2.05) is 4.72 Å². The van der Waals surface area contributed by atoms with Crippen LogP contribution in [0.15, 0.2) is 35.2 Å². The highest BCUT2D eigenvalue weighted by Gasteiger charge is 2.16. The summed E-state index contributed by atoms with van der Waals surface area (Å²) in [6.07, 6.45) is 2.84. The molecule has 0 saturated carbocycles. The molecule has 2 rings (SSSR count). The summed E-state index contributed by atoms with van der Waals surface area (Å²) >= 11 is 12.8. The van der Waals surface area contributed by atoms with Gasteiger partial charge in [0.15, 0.2) is 0 Å². The lowest BCUT2D eigenvalue weighted by atomic mass is 10.2. The molecule has 0 saturated heterocycles. The molecule has 0 fully saturated rings. The van der Waals surface area contributed by atoms with Crippen LogP contribution >= 0.6 is 34.5 Å². The summed E-state index contributed by atoms with van der Waals surface area (Å²) in [4.78, 5) is 15.8. The first kappa shape index (κ1) is 16.0. The number of hydrogen-bond acceptors (Lipinski definition) is 5. The standard InChI is InChI=1S/C12H8Cl2N2O3S2/c13-8-1-2-9(10(14)7-8)12(17)16-21(18,19)6-3-11-15-4-5-20-11/h1-7H,(H,16,17). The van der Waals surface area contributed by atoms with Crippen LogP contribution in [0.25, 0.3) is 6.08 Å². The molecule has 5 nitrogen and oxygen atoms in total. The number of rotatable bonds is 4. The smallest absolute Gasteiger partial charge is 0.266 e. The number of hydrogen-bond donors (Lipinski definition) is 1. The number of carbonyl (C=O) groups is 1. The van der Waals surface area contributed by atoms with Crippen LogP contribution in [0.1, 0.15) is 15.4 Å². The molecule has 0 aliphatic carbocycles. The van der Waals surface area contributed by atoms with E-state index >= 15 is 0 Å². The number of carbonyl (C=O) groups excluding carboxylic acids is 1. The minimum atomic E-state index is -3.94. The van der Waals surface area contributed by atoms with Crippen LogP contribution in [0.2, 0.25) is 10.0 Å². The maximum atomic E-state index is 11.9. The normalized spacial score (nSPS) is 11.7. The molecule has 0 aliphatic heterocycles. The largest absolute Gasteiger partial charge is 0.268 e. The van der Waals surface area contributed by atoms with Crippen molar-refractivity contribution in [2.75, 3.05) is 0 Å². The van der Waals surface area contributed by atoms with E-state index < -0.39 is 15.9 Å². The lowest BCUT2D eigenvalue weighted by molar-refractivity contribution is 0.0982. The van der Waals surface area contributed by atoms with Crippen LogP contribution in [-0.2, 0) is 10.0 Å². The average molecular weight is 363 g/mol. The molecule has 0 unspecified atom stereocenters. The quantitative estimate of drug-likeness (QED) is 0.905. The summed E-state index contributed by atoms with van der Waals surface area (Å²) < 4.78 is 25.4. The molecule has 9 heteroatoms. The molecule has 1 amide bonds. The van der Waals surface area contributed by atoms with Gasteiger partial charge in [-0.2, -0.15) is 0 Å². The monoisotopic (exact) mass is 362 g/mol. The second-order valence-electron chi connectivity index (χ2n) is 3.77. The molecule has 0 aliphatic rings. The van der Waals surface area contributed by atoms with Gasteiger partial charge in [-0.1, -0.05) is 23.2 Å². The molecule has 0 spiro atoms. The van der Waals surface area contributed by atoms with E-state index in [0.29, 0.717) is 10.0 Å². The summed E-state index contributed by atoms with van der Waals surface area (Å²) in [6.45, 7) is 0. The van der Waals surface area contributed by atoms with E-state index in [0.717, 1.165) is 5.41 Å². The van der Waals surface area contributed by atoms with Crippen molar-refractivity contribution in [1.29, 1.82) is 0 Å². The molecule has 1 N–H and O–H groups in total. The zero-order chi connectivity index (χ0) is 15.5. The van der Waals surface area contributed by atoms with Gasteiger partial charge in [-0.25, -0.2) is 18.1 Å². The molecule has 21 heavy (non-hydrogen) atoms. The lowest BCUT2D eigenvalue weighted by Crippen LogP contribution is -2.29. The second-order valence-corrected chi connectivity index (χ2v) is 7.11. The van der Waals surface area contributed by atoms with Gasteiger partial charge in [0, 0.05) is 16.6 Å². The second kappa shape index (κ2) is 6.57. The molecule has 1 aromatic heterocycles. The fourth-order valence-electron chi connectivity index (χ4n) is 1.36. The number of aromatic nitrogens is 1. The van der Waals surface area contributed by atoms with Crippen LogP contribution in [0.3, 0.4) is 0 Å². The number of benzene rings is 1. The van der Waals surface area contributed by atoms with Gasteiger partial charge in [-0.15, -0.1) is 11.3 Å². The highest BCUT2D eigenvalue weighted by molar-refractivity contribution is 7.93. The zero-order valence-corrected chi connectivity index (χ0v) is 13.4. The Morgan fingerprint density at radius 2 is 2.10 bits per heavy atom. The molecular formula is C12H8Cl2N2O3S2. The molecule has 1 heterocycles. The Kier molecular flexibility index (Phi) is 5.00. The van der Waals surface area contributed by atoms with E-state index in [4.69, 9.17) is 23.2 Å². The fraction of sp³-hybridized carbons (Fsp3) is 0. The first-order valence-corrected chi connectivity index (χ1v) is 8.65. The number of nitrogens with one attached hydrogen (secondary N) is 1. The van der Waals surface area contributed by atoms with Crippen molar-refractivity contribution in [3.05, 3.63) is 55.8 Å². The Hall–Kier alpha value is -1.41. The molecule has 0 radical (unpaired) electrons. The molecule has 0 bridgehead atoms. The first-order chi connectivity index (χ1) is 9.87. The number of amides is 1. The van der Waals surface area contributed by atoms with Gasteiger partial charge in [-0.3, -0.25) is 4.79 Å². The van der Waals surface area contributed by atoms with E-state index in [-0.39, 0.29) is 10.6 Å². The molecular weight excluding hydrogens is 355 g/mol. The summed E-state index contributed by atoms with van der Waals surface area (Å²) in [5.41, 5.74) is 0.0206. The van der Waals surface area contributed by atoms with Gasteiger partial charge in [0.05, 0.1) is 16.0 Å². The van der Waals surface area contributed by atoms with E-state index in [9.17, 15) is 13.2 Å². The van der Waals surface area contributed by atoms with Crippen molar-refractivity contribution in [2.24, 2.45) is 0 Å². The minimum absolute atomic E-state index is 0.0206. The zero-order valence-electron chi connectivity index (χ0n) is 10.3. The van der Waals surface area contributed by atoms with Crippen molar-refractivity contribution in [3.8, 4) is 0 Å². The number of nitrogens with zero attached hydrogens (tertiary/aromatic N) is 1. The van der Waals surface area contributed by atoms with Crippen molar-refractivity contribution in [3.63, 3.8) is 0 Å². The molecule has 0 atom stereocenters. The summed E-state index contributed by atoms with van der Waals surface area (Å²) in [5.74, 6) is -0.833. The van der Waals surface area contributed by atoms with Crippen LogP contribution < -0.4 is 4.72 Å². The Bertz CT molecular complexity index is 787. The lowest BCUT2D eigenvalue weighted by Gasteiger charge is -2.05. The van der Waals surface area contributed by atoms with Crippen molar-refractivity contribution in [1.82, 2.24) is 9.71 Å². The van der Waals surface area contributed by atoms with Crippen molar-refractivity contribution < 1.29 is 13.2 Å². The molecule has 110 valence electrons. The Balaban J connectivity index is 2.14. The summed E-state index contributed by atoms with van der Waals surface area (Å²) in [7, 11) is -3.94. The van der Waals surface area contributed by atoms with E-state index in [2.05, 4.69) is 4.98 Å². The van der Waals surface area contributed by atoms with Gasteiger partial charge >= 0.3 is 0 Å². The summed E-state index contributed by atoms with van der Waals surface area (Å²) in [5, 5.41) is 3.51. The van der Waals surface area contributed by atoms with Gasteiger partial charge in [-0.05, 0) is 24.3 Å². The third kappa shape index (κ3) is 4.53.